The van der Waals surface area contributed by atoms with Crippen LogP contribution in [0.1, 0.15) is 10.4 Å². The lowest BCUT2D eigenvalue weighted by atomic mass is 10.1. The van der Waals surface area contributed by atoms with Crippen LogP contribution >= 0.6 is 0 Å². The average molecular weight is 294 g/mol. The molecule has 0 aliphatic carbocycles. The number of pyridine rings is 2. The number of hydrogen-bond donors (Lipinski definition) is 2. The third kappa shape index (κ3) is 2.54. The number of amides is 1. The van der Waals surface area contributed by atoms with Gasteiger partial charge >= 0.3 is 0 Å². The van der Waals surface area contributed by atoms with E-state index in [9.17, 15) is 4.79 Å². The van der Waals surface area contributed by atoms with E-state index < -0.39 is 0 Å². The molecule has 0 aliphatic rings. The predicted octanol–water partition coefficient (Wildman–Crippen LogP) is 2.47. The number of nitrogens with two attached hydrogens (primary N) is 1. The van der Waals surface area contributed by atoms with Gasteiger partial charge in [0.05, 0.1) is 18.4 Å². The fourth-order valence-electron chi connectivity index (χ4n) is 2.14. The van der Waals surface area contributed by atoms with Crippen molar-refractivity contribution in [2.75, 3.05) is 18.2 Å². The lowest BCUT2D eigenvalue weighted by Crippen LogP contribution is -2.15. The van der Waals surface area contributed by atoms with Crippen LogP contribution in [0.5, 0.6) is 5.75 Å². The van der Waals surface area contributed by atoms with Crippen LogP contribution in [0.2, 0.25) is 0 Å². The van der Waals surface area contributed by atoms with Crippen molar-refractivity contribution >= 4 is 28.4 Å². The van der Waals surface area contributed by atoms with E-state index in [1.54, 1.807) is 37.6 Å². The highest BCUT2D eigenvalue weighted by atomic mass is 16.5. The summed E-state index contributed by atoms with van der Waals surface area (Å²) in [6, 6.07) is 12.4. The quantitative estimate of drug-likeness (QED) is 0.774. The van der Waals surface area contributed by atoms with Crippen molar-refractivity contribution in [1.29, 1.82) is 0 Å². The molecule has 0 bridgehead atoms. The molecule has 6 nitrogen and oxygen atoms in total. The SMILES string of the molecule is COc1ccccc1NC(=O)c1cc2cccnc2nc1N. The first-order valence-electron chi connectivity index (χ1n) is 6.64. The summed E-state index contributed by atoms with van der Waals surface area (Å²) < 4.78 is 5.21. The van der Waals surface area contributed by atoms with E-state index >= 15 is 0 Å². The van der Waals surface area contributed by atoms with Crippen molar-refractivity contribution in [2.24, 2.45) is 0 Å². The number of aromatic nitrogens is 2. The second kappa shape index (κ2) is 5.69. The predicted molar refractivity (Wildman–Crippen MR) is 84.9 cm³/mol. The highest BCUT2D eigenvalue weighted by Crippen LogP contribution is 2.25. The Bertz CT molecular complexity index is 848. The number of anilines is 2. The fourth-order valence-corrected chi connectivity index (χ4v) is 2.14. The van der Waals surface area contributed by atoms with Gasteiger partial charge in [-0.15, -0.1) is 0 Å². The van der Waals surface area contributed by atoms with Gasteiger partial charge in [0.15, 0.2) is 5.65 Å². The van der Waals surface area contributed by atoms with Gasteiger partial charge in [-0.05, 0) is 30.3 Å². The molecule has 22 heavy (non-hydrogen) atoms. The van der Waals surface area contributed by atoms with Crippen LogP contribution in [0.4, 0.5) is 11.5 Å². The van der Waals surface area contributed by atoms with E-state index in [0.717, 1.165) is 5.39 Å². The third-order valence-corrected chi connectivity index (χ3v) is 3.22. The molecule has 1 aromatic carbocycles. The van der Waals surface area contributed by atoms with Crippen LogP contribution < -0.4 is 15.8 Å². The molecule has 3 aromatic rings. The molecule has 3 rings (SSSR count). The second-order valence-corrected chi connectivity index (χ2v) is 4.63. The minimum absolute atomic E-state index is 0.138. The van der Waals surface area contributed by atoms with E-state index in [2.05, 4.69) is 15.3 Å². The monoisotopic (exact) mass is 294 g/mol. The number of para-hydroxylation sites is 2. The number of ether oxygens (including phenoxy) is 1. The molecule has 0 spiro atoms. The Kier molecular flexibility index (Phi) is 3.57. The van der Waals surface area contributed by atoms with Crippen LogP contribution in [0.15, 0.2) is 48.7 Å². The van der Waals surface area contributed by atoms with Crippen LogP contribution in [-0.4, -0.2) is 23.0 Å². The zero-order chi connectivity index (χ0) is 15.5. The molecule has 2 heterocycles. The van der Waals surface area contributed by atoms with Gasteiger partial charge in [-0.3, -0.25) is 4.79 Å². The number of nitrogens with one attached hydrogen (secondary N) is 1. The van der Waals surface area contributed by atoms with Gasteiger partial charge in [-0.1, -0.05) is 12.1 Å². The molecule has 0 saturated carbocycles. The summed E-state index contributed by atoms with van der Waals surface area (Å²) in [7, 11) is 1.54. The Balaban J connectivity index is 1.97. The molecule has 6 heteroatoms. The number of nitrogen functional groups attached to an aromatic ring is 1. The molecule has 1 amide bonds. The standard InChI is InChI=1S/C16H14N4O2/c1-22-13-7-3-2-6-12(13)19-16(21)11-9-10-5-4-8-18-15(10)20-14(11)17/h2-9H,1H3,(H,19,21)(H2,17,18,20). The van der Waals surface area contributed by atoms with Crippen LogP contribution in [-0.2, 0) is 0 Å². The first-order chi connectivity index (χ1) is 10.7. The topological polar surface area (TPSA) is 90.1 Å². The molecular formula is C16H14N4O2. The van der Waals surface area contributed by atoms with Crippen LogP contribution in [0.3, 0.4) is 0 Å². The number of rotatable bonds is 3. The summed E-state index contributed by atoms with van der Waals surface area (Å²) in [5, 5.41) is 3.53. The van der Waals surface area contributed by atoms with Gasteiger partial charge in [-0.25, -0.2) is 9.97 Å². The molecule has 2 aromatic heterocycles. The lowest BCUT2D eigenvalue weighted by molar-refractivity contribution is 0.102. The Morgan fingerprint density at radius 2 is 2.05 bits per heavy atom. The first-order valence-corrected chi connectivity index (χ1v) is 6.64. The van der Waals surface area contributed by atoms with Crippen LogP contribution in [0, 0.1) is 0 Å². The van der Waals surface area contributed by atoms with Crippen molar-refractivity contribution in [3.63, 3.8) is 0 Å². The van der Waals surface area contributed by atoms with Crippen molar-refractivity contribution in [2.45, 2.75) is 0 Å². The molecule has 110 valence electrons. The van der Waals surface area contributed by atoms with Gasteiger partial charge in [0.2, 0.25) is 0 Å². The Labute approximate surface area is 127 Å². The van der Waals surface area contributed by atoms with E-state index in [-0.39, 0.29) is 11.7 Å². The molecule has 0 saturated heterocycles. The number of carbonyl (C=O) groups excluding carboxylic acids is 1. The summed E-state index contributed by atoms with van der Waals surface area (Å²) in [6.45, 7) is 0. The Hall–Kier alpha value is -3.15. The molecule has 0 aliphatic heterocycles. The maximum absolute atomic E-state index is 12.4. The van der Waals surface area contributed by atoms with Crippen molar-refractivity contribution in [1.82, 2.24) is 9.97 Å². The highest BCUT2D eigenvalue weighted by Gasteiger charge is 2.14. The number of carbonyl (C=O) groups is 1. The summed E-state index contributed by atoms with van der Waals surface area (Å²) in [6.07, 6.45) is 1.63. The number of nitrogens with zero attached hydrogens (tertiary/aromatic N) is 2. The molecule has 0 radical (unpaired) electrons. The first kappa shape index (κ1) is 13.8. The summed E-state index contributed by atoms with van der Waals surface area (Å²) in [5.41, 5.74) is 7.24. The smallest absolute Gasteiger partial charge is 0.259 e. The maximum Gasteiger partial charge on any atom is 0.259 e. The number of methoxy groups -OCH3 is 1. The van der Waals surface area contributed by atoms with Crippen molar-refractivity contribution in [3.8, 4) is 5.75 Å². The average Bonchev–Trinajstić information content (AvgIpc) is 2.54. The molecular weight excluding hydrogens is 280 g/mol. The lowest BCUT2D eigenvalue weighted by Gasteiger charge is -2.11. The van der Waals surface area contributed by atoms with E-state index in [1.807, 2.05) is 18.2 Å². The summed E-state index contributed by atoms with van der Waals surface area (Å²) >= 11 is 0. The minimum atomic E-state index is -0.347. The van der Waals surface area contributed by atoms with Gasteiger partial charge in [0.1, 0.15) is 11.6 Å². The zero-order valence-electron chi connectivity index (χ0n) is 11.9. The van der Waals surface area contributed by atoms with Crippen molar-refractivity contribution < 1.29 is 9.53 Å². The maximum atomic E-state index is 12.4. The fraction of sp³-hybridized carbons (Fsp3) is 0.0625. The Morgan fingerprint density at radius 3 is 2.86 bits per heavy atom. The van der Waals surface area contributed by atoms with E-state index in [0.29, 0.717) is 22.6 Å². The molecule has 0 unspecified atom stereocenters. The summed E-state index contributed by atoms with van der Waals surface area (Å²) in [5.74, 6) is 0.365. The van der Waals surface area contributed by atoms with E-state index in [1.165, 1.54) is 0 Å². The number of fused-ring (bicyclic) bond motifs is 1. The van der Waals surface area contributed by atoms with E-state index in [4.69, 9.17) is 10.5 Å². The second-order valence-electron chi connectivity index (χ2n) is 4.63. The van der Waals surface area contributed by atoms with Crippen molar-refractivity contribution in [3.05, 3.63) is 54.2 Å². The Morgan fingerprint density at radius 1 is 1.23 bits per heavy atom. The van der Waals surface area contributed by atoms with Crippen LogP contribution in [0.25, 0.3) is 11.0 Å². The molecule has 0 atom stereocenters. The normalized spacial score (nSPS) is 10.4. The minimum Gasteiger partial charge on any atom is -0.495 e. The van der Waals surface area contributed by atoms with Gasteiger partial charge in [-0.2, -0.15) is 0 Å². The number of hydrogen-bond acceptors (Lipinski definition) is 5. The van der Waals surface area contributed by atoms with Gasteiger partial charge in [0.25, 0.3) is 5.91 Å². The highest BCUT2D eigenvalue weighted by molar-refractivity contribution is 6.09. The molecule has 3 N–H and O–H groups in total. The number of benzene rings is 1. The molecule has 0 fully saturated rings. The third-order valence-electron chi connectivity index (χ3n) is 3.22. The van der Waals surface area contributed by atoms with Gasteiger partial charge in [0, 0.05) is 11.6 Å². The summed E-state index contributed by atoms with van der Waals surface area (Å²) in [4.78, 5) is 20.7. The largest absolute Gasteiger partial charge is 0.495 e. The zero-order valence-corrected chi connectivity index (χ0v) is 11.9. The van der Waals surface area contributed by atoms with Gasteiger partial charge < -0.3 is 15.8 Å².